The molecular weight excluding hydrogens is 254 g/mol. The maximum Gasteiger partial charge on any atom is 0.0124 e. The van der Waals surface area contributed by atoms with Gasteiger partial charge in [0.15, 0.2) is 0 Å². The van der Waals surface area contributed by atoms with Gasteiger partial charge in [-0.3, -0.25) is 0 Å². The minimum Gasteiger partial charge on any atom is -0.313 e. The lowest BCUT2D eigenvalue weighted by Crippen LogP contribution is -2.46. The van der Waals surface area contributed by atoms with Crippen LogP contribution in [-0.2, 0) is 0 Å². The van der Waals surface area contributed by atoms with Crippen molar-refractivity contribution in [2.45, 2.75) is 91.5 Å². The average molecular weight is 294 g/mol. The second-order valence-corrected chi connectivity index (χ2v) is 8.21. The molecule has 0 aromatic carbocycles. The molecule has 1 N–H and O–H groups in total. The topological polar surface area (TPSA) is 12.0 Å². The number of nitrogens with one attached hydrogen (secondary N) is 1. The predicted molar refractivity (Wildman–Crippen MR) is 93.5 cm³/mol. The van der Waals surface area contributed by atoms with E-state index in [0.29, 0.717) is 0 Å². The van der Waals surface area contributed by atoms with Crippen molar-refractivity contribution in [3.8, 4) is 0 Å². The van der Waals surface area contributed by atoms with Gasteiger partial charge in [0.1, 0.15) is 0 Å². The second-order valence-electron chi connectivity index (χ2n) is 8.21. The summed E-state index contributed by atoms with van der Waals surface area (Å²) in [6, 6.07) is 0.814. The highest BCUT2D eigenvalue weighted by atomic mass is 14.9. The largest absolute Gasteiger partial charge is 0.313 e. The van der Waals surface area contributed by atoms with Crippen molar-refractivity contribution in [2.75, 3.05) is 6.54 Å². The summed E-state index contributed by atoms with van der Waals surface area (Å²) in [4.78, 5) is 0. The minimum absolute atomic E-state index is 0.814. The lowest BCUT2D eigenvalue weighted by atomic mass is 9.67. The van der Waals surface area contributed by atoms with Gasteiger partial charge in [-0.15, -0.1) is 0 Å². The summed E-state index contributed by atoms with van der Waals surface area (Å²) < 4.78 is 0. The first-order chi connectivity index (χ1) is 10.2. The van der Waals surface area contributed by atoms with Crippen molar-refractivity contribution in [1.82, 2.24) is 5.32 Å². The average Bonchev–Trinajstić information content (AvgIpc) is 2.51. The molecule has 124 valence electrons. The Hall–Kier alpha value is -0.0400. The van der Waals surface area contributed by atoms with E-state index < -0.39 is 0 Å². The van der Waals surface area contributed by atoms with Gasteiger partial charge in [-0.05, 0) is 68.2 Å². The van der Waals surface area contributed by atoms with Crippen molar-refractivity contribution in [2.24, 2.45) is 29.6 Å². The van der Waals surface area contributed by atoms with Gasteiger partial charge in [-0.2, -0.15) is 0 Å². The SMILES string of the molecule is CCCNC(C1CCCC(CC)C1)C1CCC(C)C(C)C1. The van der Waals surface area contributed by atoms with E-state index in [4.69, 9.17) is 0 Å². The van der Waals surface area contributed by atoms with Crippen LogP contribution in [0.4, 0.5) is 0 Å². The molecule has 0 spiro atoms. The summed E-state index contributed by atoms with van der Waals surface area (Å²) in [6.45, 7) is 10.9. The fraction of sp³-hybridized carbons (Fsp3) is 1.00. The summed E-state index contributed by atoms with van der Waals surface area (Å²) in [5.41, 5.74) is 0. The van der Waals surface area contributed by atoms with Crippen LogP contribution in [0.1, 0.15) is 85.5 Å². The van der Waals surface area contributed by atoms with E-state index in [0.717, 1.165) is 35.6 Å². The molecule has 2 aliphatic carbocycles. The molecule has 0 bridgehead atoms. The van der Waals surface area contributed by atoms with E-state index in [9.17, 15) is 0 Å². The summed E-state index contributed by atoms with van der Waals surface area (Å²) >= 11 is 0. The highest BCUT2D eigenvalue weighted by molar-refractivity contribution is 4.90. The van der Waals surface area contributed by atoms with E-state index in [-0.39, 0.29) is 0 Å². The van der Waals surface area contributed by atoms with Gasteiger partial charge in [0, 0.05) is 6.04 Å². The molecule has 0 aromatic rings. The van der Waals surface area contributed by atoms with E-state index in [1.807, 2.05) is 0 Å². The minimum atomic E-state index is 0.814. The summed E-state index contributed by atoms with van der Waals surface area (Å²) in [5.74, 6) is 4.79. The van der Waals surface area contributed by atoms with Crippen LogP contribution in [0, 0.1) is 29.6 Å². The molecule has 0 amide bonds. The highest BCUT2D eigenvalue weighted by Crippen LogP contribution is 2.41. The molecule has 0 radical (unpaired) electrons. The molecule has 21 heavy (non-hydrogen) atoms. The fourth-order valence-electron chi connectivity index (χ4n) is 4.97. The predicted octanol–water partition coefficient (Wildman–Crippen LogP) is 5.64. The molecular formula is C20H39N. The number of hydrogen-bond donors (Lipinski definition) is 1. The third-order valence-electron chi connectivity index (χ3n) is 6.69. The third-order valence-corrected chi connectivity index (χ3v) is 6.69. The Kier molecular flexibility index (Phi) is 7.05. The van der Waals surface area contributed by atoms with Crippen LogP contribution in [0.15, 0.2) is 0 Å². The normalized spacial score (nSPS) is 39.1. The molecule has 2 fully saturated rings. The molecule has 6 atom stereocenters. The smallest absolute Gasteiger partial charge is 0.0124 e. The van der Waals surface area contributed by atoms with Crippen LogP contribution in [0.3, 0.4) is 0 Å². The van der Waals surface area contributed by atoms with Crippen LogP contribution in [-0.4, -0.2) is 12.6 Å². The standard InChI is InChI=1S/C20H39N/c1-5-12-21-20(18-9-7-8-17(6-2)14-18)19-11-10-15(3)16(4)13-19/h15-21H,5-14H2,1-4H3. The summed E-state index contributed by atoms with van der Waals surface area (Å²) in [7, 11) is 0. The zero-order valence-electron chi connectivity index (χ0n) is 15.0. The van der Waals surface area contributed by atoms with E-state index >= 15 is 0 Å². The zero-order valence-corrected chi connectivity index (χ0v) is 15.0. The molecule has 0 aliphatic heterocycles. The van der Waals surface area contributed by atoms with Gasteiger partial charge in [-0.25, -0.2) is 0 Å². The van der Waals surface area contributed by atoms with E-state index in [1.165, 1.54) is 64.3 Å². The Bertz CT molecular complexity index is 282. The molecule has 0 saturated heterocycles. The lowest BCUT2D eigenvalue weighted by Gasteiger charge is -2.43. The first-order valence-electron chi connectivity index (χ1n) is 9.89. The molecule has 2 saturated carbocycles. The quantitative estimate of drug-likeness (QED) is 0.668. The van der Waals surface area contributed by atoms with Crippen LogP contribution >= 0.6 is 0 Å². The van der Waals surface area contributed by atoms with Gasteiger partial charge in [0.05, 0.1) is 0 Å². The van der Waals surface area contributed by atoms with Gasteiger partial charge in [0.25, 0.3) is 0 Å². The Labute approximate surface area is 133 Å². The van der Waals surface area contributed by atoms with Crippen LogP contribution < -0.4 is 5.32 Å². The van der Waals surface area contributed by atoms with Crippen molar-refractivity contribution in [1.29, 1.82) is 0 Å². The van der Waals surface area contributed by atoms with Crippen LogP contribution in [0.25, 0.3) is 0 Å². The fourth-order valence-corrected chi connectivity index (χ4v) is 4.97. The van der Waals surface area contributed by atoms with Crippen molar-refractivity contribution >= 4 is 0 Å². The van der Waals surface area contributed by atoms with Gasteiger partial charge in [-0.1, -0.05) is 53.4 Å². The molecule has 1 nitrogen and oxygen atoms in total. The number of rotatable bonds is 6. The lowest BCUT2D eigenvalue weighted by molar-refractivity contribution is 0.110. The van der Waals surface area contributed by atoms with Crippen LogP contribution in [0.2, 0.25) is 0 Å². The third kappa shape index (κ3) is 4.71. The maximum atomic E-state index is 3.99. The van der Waals surface area contributed by atoms with Crippen LogP contribution in [0.5, 0.6) is 0 Å². The Balaban J connectivity index is 1.99. The summed E-state index contributed by atoms with van der Waals surface area (Å²) in [5, 5.41) is 3.99. The molecule has 0 aromatic heterocycles. The van der Waals surface area contributed by atoms with E-state index in [1.54, 1.807) is 0 Å². The molecule has 6 unspecified atom stereocenters. The van der Waals surface area contributed by atoms with Crippen molar-refractivity contribution in [3.63, 3.8) is 0 Å². The molecule has 2 aliphatic rings. The Morgan fingerprint density at radius 1 is 0.905 bits per heavy atom. The van der Waals surface area contributed by atoms with Gasteiger partial charge >= 0.3 is 0 Å². The molecule has 0 heterocycles. The van der Waals surface area contributed by atoms with E-state index in [2.05, 4.69) is 33.0 Å². The Morgan fingerprint density at radius 3 is 2.33 bits per heavy atom. The van der Waals surface area contributed by atoms with Gasteiger partial charge < -0.3 is 5.32 Å². The Morgan fingerprint density at radius 2 is 1.67 bits per heavy atom. The molecule has 1 heteroatoms. The zero-order chi connectivity index (χ0) is 15.2. The van der Waals surface area contributed by atoms with Gasteiger partial charge in [0.2, 0.25) is 0 Å². The molecule has 2 rings (SSSR count). The first kappa shape index (κ1) is 17.3. The monoisotopic (exact) mass is 293 g/mol. The first-order valence-corrected chi connectivity index (χ1v) is 9.89. The number of hydrogen-bond acceptors (Lipinski definition) is 1. The maximum absolute atomic E-state index is 3.99. The van der Waals surface area contributed by atoms with Crippen molar-refractivity contribution < 1.29 is 0 Å². The highest BCUT2D eigenvalue weighted by Gasteiger charge is 2.35. The summed E-state index contributed by atoms with van der Waals surface area (Å²) in [6.07, 6.45) is 13.0. The van der Waals surface area contributed by atoms with Crippen molar-refractivity contribution in [3.05, 3.63) is 0 Å². The second kappa shape index (κ2) is 8.56.